The molecule has 0 spiro atoms. The summed E-state index contributed by atoms with van der Waals surface area (Å²) in [6, 6.07) is 14.8. The Balaban J connectivity index is 1.53. The topological polar surface area (TPSA) is 67.9 Å². The van der Waals surface area contributed by atoms with Gasteiger partial charge in [0.15, 0.2) is 6.10 Å². The largest absolute Gasteiger partial charge is 0.449 e. The molecule has 2 aromatic carbocycles. The first-order valence-corrected chi connectivity index (χ1v) is 9.60. The molecule has 1 heterocycles. The molecule has 1 aliphatic rings. The predicted molar refractivity (Wildman–Crippen MR) is 109 cm³/mol. The lowest BCUT2D eigenvalue weighted by atomic mass is 10.1. The number of carbonyl (C=O) groups excluding carboxylic acids is 2. The van der Waals surface area contributed by atoms with E-state index in [2.05, 4.69) is 10.2 Å². The van der Waals surface area contributed by atoms with Gasteiger partial charge in [-0.1, -0.05) is 19.1 Å². The number of rotatable bonds is 6. The minimum absolute atomic E-state index is 0.363. The van der Waals surface area contributed by atoms with Crippen LogP contribution in [0.25, 0.3) is 0 Å². The van der Waals surface area contributed by atoms with Crippen LogP contribution in [-0.4, -0.2) is 44.3 Å². The Morgan fingerprint density at radius 2 is 1.71 bits per heavy atom. The average molecular weight is 382 g/mol. The number of ether oxygens (including phenoxy) is 2. The van der Waals surface area contributed by atoms with Gasteiger partial charge in [0.25, 0.3) is 5.91 Å². The third kappa shape index (κ3) is 5.10. The van der Waals surface area contributed by atoms with E-state index in [0.717, 1.165) is 44.0 Å². The number of morpholine rings is 1. The molecule has 0 aromatic heterocycles. The SMILES string of the molecule is CCc1ccc(C(=O)OC(C)C(=O)Nc2ccc(N3CCOCC3)cc2)cc1. The van der Waals surface area contributed by atoms with E-state index in [1.54, 1.807) is 19.1 Å². The van der Waals surface area contributed by atoms with E-state index >= 15 is 0 Å². The van der Waals surface area contributed by atoms with E-state index in [9.17, 15) is 9.59 Å². The fourth-order valence-corrected chi connectivity index (χ4v) is 2.98. The van der Waals surface area contributed by atoms with Crippen LogP contribution in [0.2, 0.25) is 0 Å². The van der Waals surface area contributed by atoms with E-state index in [1.807, 2.05) is 43.3 Å². The van der Waals surface area contributed by atoms with Crippen molar-refractivity contribution < 1.29 is 19.1 Å². The van der Waals surface area contributed by atoms with Gasteiger partial charge in [0.05, 0.1) is 18.8 Å². The number of hydrogen-bond acceptors (Lipinski definition) is 5. The third-order valence-corrected chi connectivity index (χ3v) is 4.76. The van der Waals surface area contributed by atoms with Gasteiger partial charge in [-0.25, -0.2) is 4.79 Å². The van der Waals surface area contributed by atoms with Crippen LogP contribution >= 0.6 is 0 Å². The number of nitrogens with one attached hydrogen (secondary N) is 1. The number of esters is 1. The van der Waals surface area contributed by atoms with Crippen molar-refractivity contribution >= 4 is 23.3 Å². The second-order valence-electron chi connectivity index (χ2n) is 6.73. The highest BCUT2D eigenvalue weighted by Gasteiger charge is 2.19. The molecule has 1 saturated heterocycles. The highest BCUT2D eigenvalue weighted by atomic mass is 16.5. The summed E-state index contributed by atoms with van der Waals surface area (Å²) in [6.07, 6.45) is 0.00984. The standard InChI is InChI=1S/C22H26N2O4/c1-3-17-4-6-18(7-5-17)22(26)28-16(2)21(25)23-19-8-10-20(11-9-19)24-12-14-27-15-13-24/h4-11,16H,3,12-15H2,1-2H3,(H,23,25). The lowest BCUT2D eigenvalue weighted by Gasteiger charge is -2.28. The summed E-state index contributed by atoms with van der Waals surface area (Å²) in [5.74, 6) is -0.870. The first-order chi connectivity index (χ1) is 13.6. The van der Waals surface area contributed by atoms with Gasteiger partial charge in [-0.05, 0) is 55.3 Å². The first-order valence-electron chi connectivity index (χ1n) is 9.60. The quantitative estimate of drug-likeness (QED) is 0.777. The molecule has 2 aromatic rings. The molecule has 1 unspecified atom stereocenters. The van der Waals surface area contributed by atoms with Crippen molar-refractivity contribution in [1.29, 1.82) is 0 Å². The number of anilines is 2. The maximum atomic E-state index is 12.4. The van der Waals surface area contributed by atoms with E-state index < -0.39 is 12.1 Å². The van der Waals surface area contributed by atoms with Crippen LogP contribution < -0.4 is 10.2 Å². The molecule has 28 heavy (non-hydrogen) atoms. The molecule has 0 bridgehead atoms. The van der Waals surface area contributed by atoms with Gasteiger partial charge in [0.2, 0.25) is 0 Å². The Hall–Kier alpha value is -2.86. The summed E-state index contributed by atoms with van der Waals surface area (Å²) in [7, 11) is 0. The van der Waals surface area contributed by atoms with Crippen molar-refractivity contribution in [1.82, 2.24) is 0 Å². The molecular formula is C22H26N2O4. The summed E-state index contributed by atoms with van der Waals surface area (Å²) in [5, 5.41) is 2.79. The molecule has 1 fully saturated rings. The maximum Gasteiger partial charge on any atom is 0.338 e. The smallest absolute Gasteiger partial charge is 0.338 e. The van der Waals surface area contributed by atoms with Crippen molar-refractivity contribution in [3.8, 4) is 0 Å². The zero-order chi connectivity index (χ0) is 19.9. The van der Waals surface area contributed by atoms with Crippen LogP contribution in [-0.2, 0) is 20.7 Å². The zero-order valence-corrected chi connectivity index (χ0v) is 16.3. The molecule has 0 saturated carbocycles. The van der Waals surface area contributed by atoms with Crippen LogP contribution in [0.15, 0.2) is 48.5 Å². The van der Waals surface area contributed by atoms with Gasteiger partial charge < -0.3 is 19.7 Å². The lowest BCUT2D eigenvalue weighted by molar-refractivity contribution is -0.123. The normalized spacial score (nSPS) is 15.0. The van der Waals surface area contributed by atoms with Crippen molar-refractivity contribution in [2.45, 2.75) is 26.4 Å². The second-order valence-corrected chi connectivity index (χ2v) is 6.73. The Kier molecular flexibility index (Phi) is 6.66. The maximum absolute atomic E-state index is 12.4. The van der Waals surface area contributed by atoms with Crippen molar-refractivity contribution in [3.63, 3.8) is 0 Å². The van der Waals surface area contributed by atoms with E-state index in [-0.39, 0.29) is 5.91 Å². The summed E-state index contributed by atoms with van der Waals surface area (Å²) in [4.78, 5) is 26.8. The predicted octanol–water partition coefficient (Wildman–Crippen LogP) is 3.27. The number of benzene rings is 2. The van der Waals surface area contributed by atoms with Crippen molar-refractivity contribution in [3.05, 3.63) is 59.7 Å². The van der Waals surface area contributed by atoms with Gasteiger partial charge in [-0.2, -0.15) is 0 Å². The van der Waals surface area contributed by atoms with Gasteiger partial charge >= 0.3 is 5.97 Å². The number of carbonyl (C=O) groups is 2. The molecule has 3 rings (SSSR count). The molecule has 1 atom stereocenters. The van der Waals surface area contributed by atoms with Gasteiger partial charge in [0.1, 0.15) is 0 Å². The monoisotopic (exact) mass is 382 g/mol. The highest BCUT2D eigenvalue weighted by Crippen LogP contribution is 2.19. The van der Waals surface area contributed by atoms with Gasteiger partial charge in [-0.15, -0.1) is 0 Å². The van der Waals surface area contributed by atoms with Gasteiger partial charge in [0, 0.05) is 24.5 Å². The third-order valence-electron chi connectivity index (χ3n) is 4.76. The molecule has 0 aliphatic carbocycles. The van der Waals surface area contributed by atoms with Gasteiger partial charge in [-0.3, -0.25) is 4.79 Å². The van der Waals surface area contributed by atoms with Crippen LogP contribution in [0, 0.1) is 0 Å². The molecule has 6 heteroatoms. The summed E-state index contributed by atoms with van der Waals surface area (Å²) in [6.45, 7) is 6.78. The zero-order valence-electron chi connectivity index (χ0n) is 16.3. The lowest BCUT2D eigenvalue weighted by Crippen LogP contribution is -2.36. The van der Waals surface area contributed by atoms with E-state index in [4.69, 9.17) is 9.47 Å². The van der Waals surface area contributed by atoms with E-state index in [0.29, 0.717) is 11.3 Å². The summed E-state index contributed by atoms with van der Waals surface area (Å²) >= 11 is 0. The Bertz CT molecular complexity index is 796. The van der Waals surface area contributed by atoms with Crippen LogP contribution in [0.3, 0.4) is 0 Å². The molecule has 1 amide bonds. The van der Waals surface area contributed by atoms with Crippen LogP contribution in [0.1, 0.15) is 29.8 Å². The number of aryl methyl sites for hydroxylation is 1. The minimum atomic E-state index is -0.891. The molecule has 0 radical (unpaired) electrons. The van der Waals surface area contributed by atoms with Crippen molar-refractivity contribution in [2.24, 2.45) is 0 Å². The Morgan fingerprint density at radius 3 is 2.32 bits per heavy atom. The number of nitrogens with zero attached hydrogens (tertiary/aromatic N) is 1. The summed E-state index contributed by atoms with van der Waals surface area (Å²) in [5.41, 5.74) is 3.34. The van der Waals surface area contributed by atoms with Crippen LogP contribution in [0.4, 0.5) is 11.4 Å². The van der Waals surface area contributed by atoms with Crippen molar-refractivity contribution in [2.75, 3.05) is 36.5 Å². The molecule has 148 valence electrons. The molecule has 1 N–H and O–H groups in total. The number of hydrogen-bond donors (Lipinski definition) is 1. The minimum Gasteiger partial charge on any atom is -0.449 e. The fourth-order valence-electron chi connectivity index (χ4n) is 2.98. The molecule has 1 aliphatic heterocycles. The van der Waals surface area contributed by atoms with Crippen LogP contribution in [0.5, 0.6) is 0 Å². The summed E-state index contributed by atoms with van der Waals surface area (Å²) < 4.78 is 10.6. The fraction of sp³-hybridized carbons (Fsp3) is 0.364. The Morgan fingerprint density at radius 1 is 1.07 bits per heavy atom. The molecule has 6 nitrogen and oxygen atoms in total. The highest BCUT2D eigenvalue weighted by molar-refractivity contribution is 5.97. The van der Waals surface area contributed by atoms with E-state index in [1.165, 1.54) is 0 Å². The first kappa shape index (κ1) is 19.9. The number of amides is 1. The second kappa shape index (κ2) is 9.37. The molecular weight excluding hydrogens is 356 g/mol. The Labute approximate surface area is 165 Å². The average Bonchev–Trinajstić information content (AvgIpc) is 2.75.